The Hall–Kier alpha value is -0.790. The summed E-state index contributed by atoms with van der Waals surface area (Å²) in [4.78, 5) is 11.4. The molecule has 0 aromatic carbocycles. The summed E-state index contributed by atoms with van der Waals surface area (Å²) in [5, 5.41) is 0. The number of rotatable bonds is 7. The highest BCUT2D eigenvalue weighted by molar-refractivity contribution is 5.66. The van der Waals surface area contributed by atoms with Crippen LogP contribution in [-0.2, 0) is 9.53 Å². The van der Waals surface area contributed by atoms with Crippen molar-refractivity contribution in [2.45, 2.75) is 110 Å². The van der Waals surface area contributed by atoms with Gasteiger partial charge in [-0.15, -0.1) is 0 Å². The molecule has 8 unspecified atom stereocenters. The van der Waals surface area contributed by atoms with Crippen LogP contribution in [0.1, 0.15) is 104 Å². The second-order valence-corrected chi connectivity index (χ2v) is 10.9. The Bertz CT molecular complexity index is 593. The van der Waals surface area contributed by atoms with Crippen molar-refractivity contribution in [3.8, 4) is 0 Å². The maximum Gasteiger partial charge on any atom is 0.302 e. The monoisotopic (exact) mass is 400 g/mol. The zero-order chi connectivity index (χ0) is 20.4. The molecule has 0 amide bonds. The van der Waals surface area contributed by atoms with Crippen molar-refractivity contribution in [1.29, 1.82) is 0 Å². The Kier molecular flexibility index (Phi) is 7.07. The molecule has 0 saturated heterocycles. The molecule has 29 heavy (non-hydrogen) atoms. The quantitative estimate of drug-likeness (QED) is 0.254. The predicted octanol–water partition coefficient (Wildman–Crippen LogP) is 7.32. The van der Waals surface area contributed by atoms with E-state index in [4.69, 9.17) is 4.74 Å². The number of esters is 1. The molecule has 2 nitrogen and oxygen atoms in total. The molecule has 3 saturated carbocycles. The number of carbonyl (C=O) groups is 1. The van der Waals surface area contributed by atoms with Gasteiger partial charge in [-0.05, 0) is 86.4 Å². The number of fused-ring (bicyclic) bond motifs is 5. The summed E-state index contributed by atoms with van der Waals surface area (Å²) in [5.74, 6) is 6.53. The number of hydrogen-bond acceptors (Lipinski definition) is 2. The summed E-state index contributed by atoms with van der Waals surface area (Å²) in [5.41, 5.74) is 1.64. The number of hydrogen-bond donors (Lipinski definition) is 0. The van der Waals surface area contributed by atoms with E-state index in [0.717, 1.165) is 54.3 Å². The molecule has 4 aliphatic rings. The van der Waals surface area contributed by atoms with E-state index < -0.39 is 0 Å². The molecule has 0 bridgehead atoms. The first-order valence-corrected chi connectivity index (χ1v) is 12.9. The average Bonchev–Trinajstić information content (AvgIpc) is 3.14. The van der Waals surface area contributed by atoms with Crippen LogP contribution in [0.15, 0.2) is 11.6 Å². The molecule has 0 spiro atoms. The zero-order valence-electron chi connectivity index (χ0n) is 19.2. The zero-order valence-corrected chi connectivity index (χ0v) is 19.2. The fourth-order valence-electron chi connectivity index (χ4n) is 8.08. The molecular formula is C27H44O2. The molecule has 3 fully saturated rings. The van der Waals surface area contributed by atoms with Crippen molar-refractivity contribution in [3.63, 3.8) is 0 Å². The molecule has 2 heteroatoms. The van der Waals surface area contributed by atoms with Gasteiger partial charge in [0.05, 0.1) is 0 Å². The lowest BCUT2D eigenvalue weighted by Gasteiger charge is -2.50. The molecule has 0 heterocycles. The third-order valence-electron chi connectivity index (χ3n) is 9.35. The van der Waals surface area contributed by atoms with Gasteiger partial charge in [-0.3, -0.25) is 4.79 Å². The molecule has 8 atom stereocenters. The van der Waals surface area contributed by atoms with Crippen LogP contribution in [0.2, 0.25) is 0 Å². The van der Waals surface area contributed by atoms with Crippen molar-refractivity contribution in [3.05, 3.63) is 11.6 Å². The van der Waals surface area contributed by atoms with Crippen molar-refractivity contribution in [2.24, 2.45) is 41.4 Å². The van der Waals surface area contributed by atoms with Gasteiger partial charge in [0.2, 0.25) is 0 Å². The first-order chi connectivity index (χ1) is 14.1. The molecular weight excluding hydrogens is 356 g/mol. The third-order valence-corrected chi connectivity index (χ3v) is 9.35. The van der Waals surface area contributed by atoms with Gasteiger partial charge >= 0.3 is 5.97 Å². The molecule has 0 aliphatic heterocycles. The first kappa shape index (κ1) is 21.4. The van der Waals surface area contributed by atoms with Gasteiger partial charge in [-0.25, -0.2) is 0 Å². The van der Waals surface area contributed by atoms with Crippen molar-refractivity contribution < 1.29 is 9.53 Å². The highest BCUT2D eigenvalue weighted by Gasteiger charge is 2.50. The predicted molar refractivity (Wildman–Crippen MR) is 119 cm³/mol. The summed E-state index contributed by atoms with van der Waals surface area (Å²) in [7, 11) is 0. The van der Waals surface area contributed by atoms with E-state index in [-0.39, 0.29) is 12.1 Å². The highest BCUT2D eigenvalue weighted by atomic mass is 16.5. The highest BCUT2D eigenvalue weighted by Crippen LogP contribution is 2.59. The van der Waals surface area contributed by atoms with Crippen LogP contribution in [0.25, 0.3) is 0 Å². The van der Waals surface area contributed by atoms with Gasteiger partial charge in [0, 0.05) is 13.3 Å². The minimum absolute atomic E-state index is 0.107. The standard InChI is InChI=1S/C27H44O2/c1-4-5-6-7-8-18(2)22-13-14-27-24(22)15-16-25-23-12-10-21(29-19(3)28)17-20(23)9-11-26(25)27/h9,18,21-27H,4-8,10-17H2,1-3H3. The minimum atomic E-state index is -0.107. The number of ether oxygens (including phenoxy) is 1. The number of carbonyl (C=O) groups excluding carboxylic acids is 1. The van der Waals surface area contributed by atoms with Crippen LogP contribution < -0.4 is 0 Å². The van der Waals surface area contributed by atoms with E-state index >= 15 is 0 Å². The van der Waals surface area contributed by atoms with Crippen molar-refractivity contribution in [1.82, 2.24) is 0 Å². The lowest BCUT2D eigenvalue weighted by atomic mass is 9.56. The lowest BCUT2D eigenvalue weighted by Crippen LogP contribution is -2.42. The van der Waals surface area contributed by atoms with Gasteiger partial charge in [0.1, 0.15) is 6.10 Å². The second-order valence-electron chi connectivity index (χ2n) is 10.9. The lowest BCUT2D eigenvalue weighted by molar-refractivity contribution is -0.147. The van der Waals surface area contributed by atoms with Gasteiger partial charge in [0.25, 0.3) is 0 Å². The number of allylic oxidation sites excluding steroid dienone is 1. The van der Waals surface area contributed by atoms with E-state index in [9.17, 15) is 4.79 Å². The Morgan fingerprint density at radius 1 is 1.00 bits per heavy atom. The summed E-state index contributed by atoms with van der Waals surface area (Å²) < 4.78 is 5.55. The Balaban J connectivity index is 1.36. The third kappa shape index (κ3) is 4.62. The van der Waals surface area contributed by atoms with Crippen LogP contribution in [0, 0.1) is 41.4 Å². The fraction of sp³-hybridized carbons (Fsp3) is 0.889. The Morgan fingerprint density at radius 2 is 1.79 bits per heavy atom. The first-order valence-electron chi connectivity index (χ1n) is 12.9. The average molecular weight is 401 g/mol. The van der Waals surface area contributed by atoms with Crippen LogP contribution >= 0.6 is 0 Å². The topological polar surface area (TPSA) is 26.3 Å². The molecule has 0 aromatic rings. The van der Waals surface area contributed by atoms with Crippen molar-refractivity contribution in [2.75, 3.05) is 0 Å². The summed E-state index contributed by atoms with van der Waals surface area (Å²) in [6.07, 6.45) is 20.5. The van der Waals surface area contributed by atoms with Gasteiger partial charge < -0.3 is 4.74 Å². The largest absolute Gasteiger partial charge is 0.462 e. The van der Waals surface area contributed by atoms with Crippen LogP contribution in [0.5, 0.6) is 0 Å². The molecule has 4 aliphatic carbocycles. The van der Waals surface area contributed by atoms with E-state index in [1.807, 2.05) is 0 Å². The summed E-state index contributed by atoms with van der Waals surface area (Å²) in [6, 6.07) is 0. The van der Waals surface area contributed by atoms with E-state index in [0.29, 0.717) is 0 Å². The SMILES string of the molecule is CCCCCCC(C)C1CCC2C1CCC1C3CCC(OC(C)=O)CC3=CCC12. The normalized spacial score (nSPS) is 39.7. The van der Waals surface area contributed by atoms with Crippen molar-refractivity contribution >= 4 is 5.97 Å². The molecule has 4 rings (SSSR count). The number of unbranched alkanes of at least 4 members (excludes halogenated alkanes) is 3. The minimum Gasteiger partial charge on any atom is -0.462 e. The van der Waals surface area contributed by atoms with Crippen LogP contribution in [-0.4, -0.2) is 12.1 Å². The maximum absolute atomic E-state index is 11.4. The van der Waals surface area contributed by atoms with Crippen LogP contribution in [0.4, 0.5) is 0 Å². The molecule has 0 radical (unpaired) electrons. The van der Waals surface area contributed by atoms with Gasteiger partial charge in [-0.1, -0.05) is 57.6 Å². The molecule has 0 N–H and O–H groups in total. The van der Waals surface area contributed by atoms with E-state index in [2.05, 4.69) is 19.9 Å². The Morgan fingerprint density at radius 3 is 2.59 bits per heavy atom. The smallest absolute Gasteiger partial charge is 0.302 e. The van der Waals surface area contributed by atoms with Gasteiger partial charge in [-0.2, -0.15) is 0 Å². The van der Waals surface area contributed by atoms with Crippen LogP contribution in [0.3, 0.4) is 0 Å². The van der Waals surface area contributed by atoms with Gasteiger partial charge in [0.15, 0.2) is 0 Å². The summed E-state index contributed by atoms with van der Waals surface area (Å²) in [6.45, 7) is 6.44. The van der Waals surface area contributed by atoms with E-state index in [1.165, 1.54) is 70.6 Å². The second kappa shape index (κ2) is 9.56. The summed E-state index contributed by atoms with van der Waals surface area (Å²) >= 11 is 0. The Labute approximate surface area is 179 Å². The molecule has 164 valence electrons. The maximum atomic E-state index is 11.4. The molecule has 0 aromatic heterocycles. The fourth-order valence-corrected chi connectivity index (χ4v) is 8.08. The van der Waals surface area contributed by atoms with E-state index in [1.54, 1.807) is 12.5 Å².